The van der Waals surface area contributed by atoms with Crippen LogP contribution in [0.3, 0.4) is 0 Å². The van der Waals surface area contributed by atoms with Gasteiger partial charge in [0.2, 0.25) is 0 Å². The molecule has 6 rings (SSSR count). The number of alkyl halides is 2. The third-order valence-corrected chi connectivity index (χ3v) is 14.0. The summed E-state index contributed by atoms with van der Waals surface area (Å²) in [6.45, 7) is 29.4. The molecule has 2 aliphatic carbocycles. The molecule has 8 heteroatoms. The molecule has 2 unspecified atom stereocenters. The molecule has 0 aromatic rings. The molecular formula is C34H62Cl2N2O4+2. The van der Waals surface area contributed by atoms with Crippen molar-refractivity contribution in [2.75, 3.05) is 13.1 Å². The highest BCUT2D eigenvalue weighted by Gasteiger charge is 2.57. The van der Waals surface area contributed by atoms with E-state index in [1.807, 2.05) is 0 Å². The van der Waals surface area contributed by atoms with Gasteiger partial charge in [-0.1, -0.05) is 69.2 Å². The first-order valence-corrected chi connectivity index (χ1v) is 17.6. The number of halogens is 2. The van der Waals surface area contributed by atoms with E-state index in [1.54, 1.807) is 13.8 Å². The third-order valence-electron chi connectivity index (χ3n) is 13.3. The average Bonchev–Trinajstić information content (AvgIpc) is 3.75. The van der Waals surface area contributed by atoms with E-state index in [9.17, 15) is 9.59 Å². The van der Waals surface area contributed by atoms with Gasteiger partial charge in [-0.25, -0.2) is 9.59 Å². The summed E-state index contributed by atoms with van der Waals surface area (Å²) in [5, 5.41) is -1.59. The summed E-state index contributed by atoms with van der Waals surface area (Å²) in [5.74, 6) is 9.09. The Labute approximate surface area is 266 Å². The molecular weight excluding hydrogens is 571 g/mol. The second-order valence-electron chi connectivity index (χ2n) is 15.2. The van der Waals surface area contributed by atoms with Crippen LogP contribution >= 0.6 is 23.2 Å². The van der Waals surface area contributed by atoms with Crippen molar-refractivity contribution < 1.29 is 28.9 Å². The lowest BCUT2D eigenvalue weighted by Gasteiger charge is -2.20. The monoisotopic (exact) mass is 632 g/mol. The van der Waals surface area contributed by atoms with Gasteiger partial charge in [-0.2, -0.15) is 0 Å². The van der Waals surface area contributed by atoms with Crippen molar-refractivity contribution in [2.24, 2.45) is 59.2 Å². The number of carbonyl (C=O) groups excluding carboxylic acids is 2. The maximum Gasteiger partial charge on any atom is 0.370 e. The quantitative estimate of drug-likeness (QED) is 0.214. The van der Waals surface area contributed by atoms with E-state index in [0.29, 0.717) is 0 Å². The summed E-state index contributed by atoms with van der Waals surface area (Å²) in [5.41, 5.74) is 0. The first-order valence-electron chi connectivity index (χ1n) is 16.9. The lowest BCUT2D eigenvalue weighted by molar-refractivity contribution is -0.944. The molecule has 0 aromatic heterocycles. The maximum atomic E-state index is 11.1. The Kier molecular flexibility index (Phi) is 11.8. The van der Waals surface area contributed by atoms with E-state index in [4.69, 9.17) is 32.7 Å². The van der Waals surface area contributed by atoms with Gasteiger partial charge in [-0.15, -0.1) is 0 Å². The van der Waals surface area contributed by atoms with Gasteiger partial charge in [0.25, 0.3) is 0 Å². The van der Waals surface area contributed by atoms with Crippen molar-refractivity contribution >= 4 is 35.1 Å². The number of ether oxygens (including phenoxy) is 2. The zero-order valence-corrected chi connectivity index (χ0v) is 30.1. The second-order valence-corrected chi connectivity index (χ2v) is 16.6. The fourth-order valence-electron chi connectivity index (χ4n) is 8.72. The molecule has 0 radical (unpaired) electrons. The van der Waals surface area contributed by atoms with Crippen LogP contribution < -0.4 is 9.80 Å². The molecule has 0 amide bonds. The number of carbonyl (C=O) groups is 2. The van der Waals surface area contributed by atoms with Crippen LogP contribution in [-0.2, 0) is 19.1 Å². The topological polar surface area (TPSA) is 61.5 Å². The van der Waals surface area contributed by atoms with Gasteiger partial charge in [0.15, 0.2) is 12.1 Å². The first kappa shape index (κ1) is 35.9. The number of nitrogens with one attached hydrogen (secondary N) is 2. The predicted molar refractivity (Wildman–Crippen MR) is 170 cm³/mol. The van der Waals surface area contributed by atoms with E-state index in [0.717, 1.165) is 108 Å². The van der Waals surface area contributed by atoms with Crippen molar-refractivity contribution in [1.29, 1.82) is 0 Å². The molecule has 6 fully saturated rings. The van der Waals surface area contributed by atoms with E-state index >= 15 is 0 Å². The first-order chi connectivity index (χ1) is 19.3. The molecule has 4 heterocycles. The van der Waals surface area contributed by atoms with Crippen LogP contribution in [0.4, 0.5) is 0 Å². The minimum atomic E-state index is -0.793. The molecule has 6 aliphatic rings. The van der Waals surface area contributed by atoms with Crippen molar-refractivity contribution in [3.63, 3.8) is 0 Å². The van der Waals surface area contributed by atoms with Crippen molar-refractivity contribution in [1.82, 2.24) is 0 Å². The van der Waals surface area contributed by atoms with E-state index in [-0.39, 0.29) is 24.0 Å². The van der Waals surface area contributed by atoms with Gasteiger partial charge in [0.05, 0.1) is 13.1 Å². The Morgan fingerprint density at radius 3 is 0.929 bits per heavy atom. The van der Waals surface area contributed by atoms with Crippen LogP contribution in [0.1, 0.15) is 109 Å². The normalized spacial score (nSPS) is 52.1. The van der Waals surface area contributed by atoms with Crippen LogP contribution in [0.2, 0.25) is 0 Å². The summed E-state index contributed by atoms with van der Waals surface area (Å²) in [4.78, 5) is 24.5. The van der Waals surface area contributed by atoms with Crippen molar-refractivity contribution in [3.8, 4) is 0 Å². The molecule has 4 saturated heterocycles. The second kappa shape index (κ2) is 13.8. The molecule has 4 aliphatic heterocycles. The smallest absolute Gasteiger partial charge is 0.370 e. The number of fused-ring (bicyclic) bond motifs is 2. The fraction of sp³-hybridized carbons (Fsp3) is 0.941. The standard InChI is InChI=1S/2C10H20.2C7H10ClNO2/c2*1-6-7(2)9(4)10(5)8(6)3;2*1-7(8)9-4-2-3-5(9)6(10)11-7/h2*6-10H,1-5H3;2*5H,2-4H2,1H3/p+2/t;;2*5-,7-/m..10/s1. The number of cyclic esters (lactones) is 2. The minimum absolute atomic E-state index is 0.0116. The number of hydrogen-bond donors (Lipinski definition) is 2. The lowest BCUT2D eigenvalue weighted by atomic mass is 9.92. The Bertz CT molecular complexity index is 781. The maximum absolute atomic E-state index is 11.1. The van der Waals surface area contributed by atoms with Gasteiger partial charge < -0.3 is 9.47 Å². The molecule has 0 spiro atoms. The summed E-state index contributed by atoms with van der Waals surface area (Å²) in [7, 11) is 0. The van der Waals surface area contributed by atoms with E-state index < -0.39 is 10.4 Å². The number of hydrogen-bond acceptors (Lipinski definition) is 4. The van der Waals surface area contributed by atoms with Crippen LogP contribution in [0.25, 0.3) is 0 Å². The molecule has 6 nitrogen and oxygen atoms in total. The van der Waals surface area contributed by atoms with Crippen LogP contribution in [0.15, 0.2) is 0 Å². The predicted octanol–water partition coefficient (Wildman–Crippen LogP) is 5.37. The Morgan fingerprint density at radius 2 is 0.738 bits per heavy atom. The van der Waals surface area contributed by atoms with E-state index in [2.05, 4.69) is 69.2 Å². The number of quaternary nitrogens is 2. The summed E-state index contributed by atoms with van der Waals surface area (Å²) < 4.78 is 10.0. The highest BCUT2D eigenvalue weighted by molar-refractivity contribution is 6.22. The van der Waals surface area contributed by atoms with Gasteiger partial charge in [-0.3, -0.25) is 9.80 Å². The van der Waals surface area contributed by atoms with Gasteiger partial charge in [-0.05, 0) is 82.4 Å². The van der Waals surface area contributed by atoms with E-state index in [1.165, 1.54) is 0 Å². The van der Waals surface area contributed by atoms with Gasteiger partial charge in [0, 0.05) is 39.5 Å². The van der Waals surface area contributed by atoms with Crippen LogP contribution in [0, 0.1) is 59.2 Å². The fourth-order valence-corrected chi connectivity index (χ4v) is 9.32. The van der Waals surface area contributed by atoms with Gasteiger partial charge >= 0.3 is 22.3 Å². The summed E-state index contributed by atoms with van der Waals surface area (Å²) >= 11 is 12.0. The Hall–Kier alpha value is -0.560. The molecule has 0 bridgehead atoms. The SMILES string of the molecule is CC1C(C)C(C)C(C)C1C.CC1C(C)C(C)C(C)C1C.C[C@@]1(Cl)OC(=O)[C@@H]2CCC[NH+]21.C[C@]1(Cl)OC(=O)[C@H]2CCC[NH+]21. The molecule has 2 saturated carbocycles. The Balaban J connectivity index is 0.000000154. The Morgan fingerprint density at radius 1 is 0.524 bits per heavy atom. The van der Waals surface area contributed by atoms with Crippen LogP contribution in [-0.4, -0.2) is 47.5 Å². The summed E-state index contributed by atoms with van der Waals surface area (Å²) in [6.07, 6.45) is 4.02. The molecule has 6 atom stereocenters. The van der Waals surface area contributed by atoms with Crippen molar-refractivity contribution in [3.05, 3.63) is 0 Å². The zero-order chi connectivity index (χ0) is 31.9. The molecule has 2 N–H and O–H groups in total. The molecule has 42 heavy (non-hydrogen) atoms. The summed E-state index contributed by atoms with van der Waals surface area (Å²) in [6, 6.07) is 0.0231. The average molecular weight is 634 g/mol. The lowest BCUT2D eigenvalue weighted by Crippen LogP contribution is -3.18. The molecule has 244 valence electrons. The number of esters is 2. The highest BCUT2D eigenvalue weighted by Crippen LogP contribution is 2.45. The third kappa shape index (κ3) is 7.29. The van der Waals surface area contributed by atoms with Crippen LogP contribution in [0.5, 0.6) is 0 Å². The van der Waals surface area contributed by atoms with Crippen molar-refractivity contribution in [2.45, 2.75) is 131 Å². The highest BCUT2D eigenvalue weighted by atomic mass is 35.5. The van der Waals surface area contributed by atoms with Gasteiger partial charge in [0.1, 0.15) is 0 Å². The largest absolute Gasteiger partial charge is 0.391 e. The zero-order valence-electron chi connectivity index (χ0n) is 28.6. The number of rotatable bonds is 0. The molecule has 0 aromatic carbocycles. The minimum Gasteiger partial charge on any atom is -0.391 e.